The molecule has 5 nitrogen and oxygen atoms in total. The second kappa shape index (κ2) is 4.86. The minimum atomic E-state index is -1.10. The Morgan fingerprint density at radius 2 is 2.10 bits per heavy atom. The van der Waals surface area contributed by atoms with Gasteiger partial charge in [0.1, 0.15) is 0 Å². The molecule has 3 aromatic rings. The predicted octanol–water partition coefficient (Wildman–Crippen LogP) is 3.39. The Bertz CT molecular complexity index is 871. The molecule has 0 unspecified atom stereocenters. The maximum Gasteiger partial charge on any atom is 0.338 e. The number of rotatable bonds is 2. The Hall–Kier alpha value is -2.40. The van der Waals surface area contributed by atoms with Crippen molar-refractivity contribution >= 4 is 28.6 Å². The van der Waals surface area contributed by atoms with Gasteiger partial charge in [0.25, 0.3) is 0 Å². The van der Waals surface area contributed by atoms with Crippen molar-refractivity contribution in [2.75, 3.05) is 0 Å². The van der Waals surface area contributed by atoms with Crippen LogP contribution in [0.3, 0.4) is 0 Å². The van der Waals surface area contributed by atoms with Crippen molar-refractivity contribution in [2.45, 2.75) is 13.8 Å². The number of carbonyl (C=O) groups is 1. The SMILES string of the molecule is Cc1cccc(-n2nc(C)c3c(Cl)c(C(=O)O)cnc32)c1. The van der Waals surface area contributed by atoms with Gasteiger partial charge < -0.3 is 5.11 Å². The Morgan fingerprint density at radius 1 is 1.33 bits per heavy atom. The summed E-state index contributed by atoms with van der Waals surface area (Å²) in [5.41, 5.74) is 3.14. The van der Waals surface area contributed by atoms with Crippen molar-refractivity contribution in [1.29, 1.82) is 0 Å². The van der Waals surface area contributed by atoms with Gasteiger partial charge in [-0.2, -0.15) is 5.10 Å². The van der Waals surface area contributed by atoms with Gasteiger partial charge in [0.05, 0.1) is 27.4 Å². The minimum Gasteiger partial charge on any atom is -0.478 e. The molecule has 0 radical (unpaired) electrons. The number of benzene rings is 1. The van der Waals surface area contributed by atoms with Crippen LogP contribution in [0, 0.1) is 13.8 Å². The van der Waals surface area contributed by atoms with Gasteiger partial charge in [-0.1, -0.05) is 23.7 Å². The van der Waals surface area contributed by atoms with Gasteiger partial charge >= 0.3 is 5.97 Å². The van der Waals surface area contributed by atoms with Crippen LogP contribution < -0.4 is 0 Å². The standard InChI is InChI=1S/C15H12ClN3O2/c1-8-4-3-5-10(6-8)19-14-12(9(2)18-19)13(16)11(7-17-14)15(20)21/h3-7H,1-2H3,(H,20,21). The van der Waals surface area contributed by atoms with Crippen molar-refractivity contribution in [2.24, 2.45) is 0 Å². The number of fused-ring (bicyclic) bond motifs is 1. The molecule has 1 aromatic carbocycles. The van der Waals surface area contributed by atoms with Crippen LogP contribution in [0.2, 0.25) is 5.02 Å². The monoisotopic (exact) mass is 301 g/mol. The molecule has 0 atom stereocenters. The van der Waals surface area contributed by atoms with Crippen LogP contribution in [0.15, 0.2) is 30.5 Å². The lowest BCUT2D eigenvalue weighted by atomic mass is 10.2. The van der Waals surface area contributed by atoms with Gasteiger partial charge in [0, 0.05) is 6.20 Å². The van der Waals surface area contributed by atoms with E-state index in [0.29, 0.717) is 16.7 Å². The summed E-state index contributed by atoms with van der Waals surface area (Å²) in [6.07, 6.45) is 1.26. The summed E-state index contributed by atoms with van der Waals surface area (Å²) in [4.78, 5) is 15.4. The summed E-state index contributed by atoms with van der Waals surface area (Å²) >= 11 is 6.20. The third-order valence-corrected chi connectivity index (χ3v) is 3.68. The third-order valence-electron chi connectivity index (χ3n) is 3.28. The lowest BCUT2D eigenvalue weighted by Crippen LogP contribution is -2.01. The highest BCUT2D eigenvalue weighted by molar-refractivity contribution is 6.38. The van der Waals surface area contributed by atoms with E-state index in [0.717, 1.165) is 11.3 Å². The molecule has 2 aromatic heterocycles. The van der Waals surface area contributed by atoms with Crippen LogP contribution >= 0.6 is 11.6 Å². The van der Waals surface area contributed by atoms with Crippen molar-refractivity contribution in [3.63, 3.8) is 0 Å². The van der Waals surface area contributed by atoms with E-state index in [9.17, 15) is 4.79 Å². The van der Waals surface area contributed by atoms with Crippen LogP contribution in [0.5, 0.6) is 0 Å². The average molecular weight is 302 g/mol. The zero-order chi connectivity index (χ0) is 15.1. The molecular formula is C15H12ClN3O2. The fraction of sp³-hybridized carbons (Fsp3) is 0.133. The number of nitrogens with zero attached hydrogens (tertiary/aromatic N) is 3. The van der Waals surface area contributed by atoms with Gasteiger partial charge in [0.15, 0.2) is 5.65 Å². The molecule has 2 heterocycles. The summed E-state index contributed by atoms with van der Waals surface area (Å²) in [5.74, 6) is -1.10. The number of aromatic carboxylic acids is 1. The first-order chi connectivity index (χ1) is 9.99. The van der Waals surface area contributed by atoms with Gasteiger partial charge in [-0.25, -0.2) is 14.5 Å². The van der Waals surface area contributed by atoms with E-state index in [4.69, 9.17) is 16.7 Å². The van der Waals surface area contributed by atoms with Crippen LogP contribution in [-0.2, 0) is 0 Å². The normalized spacial score (nSPS) is 11.0. The van der Waals surface area contributed by atoms with Crippen LogP contribution in [0.1, 0.15) is 21.6 Å². The minimum absolute atomic E-state index is 0.0175. The number of halogens is 1. The summed E-state index contributed by atoms with van der Waals surface area (Å²) < 4.78 is 1.68. The Balaban J connectivity index is 2.33. The van der Waals surface area contributed by atoms with Crippen molar-refractivity contribution in [3.05, 3.63) is 52.3 Å². The summed E-state index contributed by atoms with van der Waals surface area (Å²) in [6, 6.07) is 7.82. The largest absolute Gasteiger partial charge is 0.478 e. The summed E-state index contributed by atoms with van der Waals surface area (Å²) in [5, 5.41) is 14.3. The molecule has 0 fully saturated rings. The first-order valence-corrected chi connectivity index (χ1v) is 6.71. The molecule has 21 heavy (non-hydrogen) atoms. The first-order valence-electron chi connectivity index (χ1n) is 6.33. The molecule has 0 bridgehead atoms. The number of hydrogen-bond donors (Lipinski definition) is 1. The maximum absolute atomic E-state index is 11.1. The molecule has 106 valence electrons. The molecule has 0 spiro atoms. The van der Waals surface area contributed by atoms with Crippen LogP contribution in [-0.4, -0.2) is 25.8 Å². The highest BCUT2D eigenvalue weighted by Crippen LogP contribution is 2.29. The predicted molar refractivity (Wildman–Crippen MR) is 80.3 cm³/mol. The van der Waals surface area contributed by atoms with Gasteiger partial charge in [-0.05, 0) is 31.5 Å². The lowest BCUT2D eigenvalue weighted by molar-refractivity contribution is 0.0697. The second-order valence-corrected chi connectivity index (χ2v) is 5.20. The van der Waals surface area contributed by atoms with E-state index in [1.54, 1.807) is 11.6 Å². The highest BCUT2D eigenvalue weighted by Gasteiger charge is 2.19. The summed E-state index contributed by atoms with van der Waals surface area (Å²) in [6.45, 7) is 3.78. The number of aryl methyl sites for hydroxylation is 2. The molecule has 0 aliphatic carbocycles. The molecule has 0 amide bonds. The molecule has 0 saturated heterocycles. The number of aromatic nitrogens is 3. The van der Waals surface area contributed by atoms with Crippen molar-refractivity contribution in [1.82, 2.24) is 14.8 Å². The van der Waals surface area contributed by atoms with E-state index >= 15 is 0 Å². The molecule has 0 aliphatic rings. The Kier molecular flexibility index (Phi) is 3.14. The van der Waals surface area contributed by atoms with Gasteiger partial charge in [-0.15, -0.1) is 0 Å². The average Bonchev–Trinajstić information content (AvgIpc) is 2.77. The van der Waals surface area contributed by atoms with Crippen molar-refractivity contribution < 1.29 is 9.90 Å². The number of pyridine rings is 1. The van der Waals surface area contributed by atoms with Crippen molar-refractivity contribution in [3.8, 4) is 5.69 Å². The van der Waals surface area contributed by atoms with Gasteiger partial charge in [0.2, 0.25) is 0 Å². The molecule has 6 heteroatoms. The Labute approximate surface area is 125 Å². The fourth-order valence-electron chi connectivity index (χ4n) is 2.30. The van der Waals surface area contributed by atoms with E-state index in [1.807, 2.05) is 31.2 Å². The zero-order valence-electron chi connectivity index (χ0n) is 11.5. The topological polar surface area (TPSA) is 68.0 Å². The number of hydrogen-bond acceptors (Lipinski definition) is 3. The second-order valence-electron chi connectivity index (χ2n) is 4.83. The lowest BCUT2D eigenvalue weighted by Gasteiger charge is -2.05. The van der Waals surface area contributed by atoms with E-state index < -0.39 is 5.97 Å². The molecule has 0 saturated carbocycles. The van der Waals surface area contributed by atoms with Crippen LogP contribution in [0.25, 0.3) is 16.7 Å². The molecule has 3 rings (SSSR count). The maximum atomic E-state index is 11.1. The van der Waals surface area contributed by atoms with Crippen LogP contribution in [0.4, 0.5) is 0 Å². The number of carboxylic acids is 1. The van der Waals surface area contributed by atoms with E-state index in [2.05, 4.69) is 10.1 Å². The zero-order valence-corrected chi connectivity index (χ0v) is 12.2. The molecule has 0 aliphatic heterocycles. The summed E-state index contributed by atoms with van der Waals surface area (Å²) in [7, 11) is 0. The molecular weight excluding hydrogens is 290 g/mol. The highest BCUT2D eigenvalue weighted by atomic mass is 35.5. The van der Waals surface area contributed by atoms with E-state index in [-0.39, 0.29) is 10.6 Å². The molecule has 1 N–H and O–H groups in total. The Morgan fingerprint density at radius 3 is 2.76 bits per heavy atom. The fourth-order valence-corrected chi connectivity index (χ4v) is 2.65. The van der Waals surface area contributed by atoms with Gasteiger partial charge in [-0.3, -0.25) is 0 Å². The third kappa shape index (κ3) is 2.15. The number of carboxylic acid groups (broad SMARTS) is 1. The smallest absolute Gasteiger partial charge is 0.338 e. The van der Waals surface area contributed by atoms with E-state index in [1.165, 1.54) is 6.20 Å². The first kappa shape index (κ1) is 13.6. The quantitative estimate of drug-likeness (QED) is 0.788.